The van der Waals surface area contributed by atoms with Gasteiger partial charge in [-0.3, -0.25) is 9.36 Å². The summed E-state index contributed by atoms with van der Waals surface area (Å²) in [6, 6.07) is 0. The molecule has 1 rings (SSSR count). The second kappa shape index (κ2) is 7.04. The maximum atomic E-state index is 11.2. The predicted octanol–water partition coefficient (Wildman–Crippen LogP) is 2.40. The smallest absolute Gasteiger partial charge is 0.319 e. The zero-order chi connectivity index (χ0) is 12.0. The summed E-state index contributed by atoms with van der Waals surface area (Å²) >= 11 is 7.13. The minimum absolute atomic E-state index is 0.171. The van der Waals surface area contributed by atoms with Gasteiger partial charge in [0.25, 0.3) is 0 Å². The first-order valence-electron chi connectivity index (χ1n) is 4.20. The normalized spacial score (nSPS) is 12.4. The number of ketones is 1. The third-order valence-electron chi connectivity index (χ3n) is 1.49. The summed E-state index contributed by atoms with van der Waals surface area (Å²) < 4.78 is 24.9. The van der Waals surface area contributed by atoms with E-state index in [-0.39, 0.29) is 19.0 Å². The zero-order valence-corrected chi connectivity index (χ0v) is 11.0. The lowest BCUT2D eigenvalue weighted by Gasteiger charge is -2.04. The highest BCUT2D eigenvalue weighted by Gasteiger charge is 2.08. The largest absolute Gasteiger partial charge is 0.483 e. The number of Topliss-reactive ketones (excluding diaryl/α,β-unsaturated/α-hetero) is 1. The van der Waals surface area contributed by atoms with Gasteiger partial charge >= 0.3 is 8.25 Å². The highest BCUT2D eigenvalue weighted by molar-refractivity contribution is 7.33. The third kappa shape index (κ3) is 4.63. The van der Waals surface area contributed by atoms with Crippen LogP contribution in [-0.2, 0) is 18.4 Å². The van der Waals surface area contributed by atoms with Crippen LogP contribution in [0.15, 0.2) is 10.8 Å². The first kappa shape index (κ1) is 13.7. The van der Waals surface area contributed by atoms with Crippen LogP contribution in [-0.4, -0.2) is 26.1 Å². The van der Waals surface area contributed by atoms with Crippen LogP contribution in [0.3, 0.4) is 0 Å². The van der Waals surface area contributed by atoms with Crippen LogP contribution in [0.1, 0.15) is 0 Å². The average molecular weight is 285 g/mol. The molecule has 0 fully saturated rings. The van der Waals surface area contributed by atoms with Crippen LogP contribution >= 0.6 is 31.2 Å². The molecule has 0 spiro atoms. The van der Waals surface area contributed by atoms with Gasteiger partial charge in [0.1, 0.15) is 19.0 Å². The van der Waals surface area contributed by atoms with E-state index in [1.54, 1.807) is 10.8 Å². The fraction of sp³-hybridized carbons (Fsp3) is 0.375. The molecule has 0 aliphatic heterocycles. The van der Waals surface area contributed by atoms with E-state index in [4.69, 9.17) is 16.3 Å². The fourth-order valence-electron chi connectivity index (χ4n) is 0.771. The molecule has 16 heavy (non-hydrogen) atoms. The first-order chi connectivity index (χ1) is 7.63. The van der Waals surface area contributed by atoms with Crippen LogP contribution < -0.4 is 4.74 Å². The van der Waals surface area contributed by atoms with E-state index < -0.39 is 8.25 Å². The van der Waals surface area contributed by atoms with E-state index in [2.05, 4.69) is 9.05 Å². The predicted molar refractivity (Wildman–Crippen MR) is 61.8 cm³/mol. The van der Waals surface area contributed by atoms with Crippen molar-refractivity contribution < 1.29 is 23.1 Å². The fourth-order valence-corrected chi connectivity index (χ4v) is 2.12. The van der Waals surface area contributed by atoms with Crippen molar-refractivity contribution >= 4 is 37.0 Å². The number of thiophene rings is 1. The van der Waals surface area contributed by atoms with E-state index in [9.17, 15) is 9.36 Å². The van der Waals surface area contributed by atoms with Gasteiger partial charge < -0.3 is 13.8 Å². The Hall–Kier alpha value is -0.390. The van der Waals surface area contributed by atoms with Crippen molar-refractivity contribution in [2.24, 2.45) is 0 Å². The van der Waals surface area contributed by atoms with Crippen LogP contribution in [0, 0.1) is 0 Å². The molecule has 1 aromatic heterocycles. The molecule has 8 heteroatoms. The molecular weight excluding hydrogens is 275 g/mol. The van der Waals surface area contributed by atoms with Crippen LogP contribution in [0.2, 0.25) is 5.02 Å². The second-order valence-corrected chi connectivity index (χ2v) is 5.00. The van der Waals surface area contributed by atoms with Crippen LogP contribution in [0.5, 0.6) is 5.75 Å². The number of ether oxygens (including phenoxy) is 1. The Balaban J connectivity index is 2.25. The maximum Gasteiger partial charge on any atom is 0.319 e. The minimum atomic E-state index is -2.55. The van der Waals surface area contributed by atoms with Gasteiger partial charge in [0, 0.05) is 17.9 Å². The summed E-state index contributed by atoms with van der Waals surface area (Å²) in [5.74, 6) is 0.122. The van der Waals surface area contributed by atoms with E-state index in [0.717, 1.165) is 0 Å². The Kier molecular flexibility index (Phi) is 6.01. The quantitative estimate of drug-likeness (QED) is 0.720. The molecular formula is C8H10ClO5PS. The van der Waals surface area contributed by atoms with Crippen molar-refractivity contribution in [1.29, 1.82) is 0 Å². The summed E-state index contributed by atoms with van der Waals surface area (Å²) in [6.07, 6.45) is 0. The number of rotatable bonds is 7. The van der Waals surface area contributed by atoms with Crippen LogP contribution in [0.4, 0.5) is 0 Å². The van der Waals surface area contributed by atoms with Crippen molar-refractivity contribution in [3.63, 3.8) is 0 Å². The lowest BCUT2D eigenvalue weighted by Crippen LogP contribution is -2.15. The molecule has 0 bridgehead atoms. The SMILES string of the molecule is CO[PH](=O)OCC(=O)COc1cscc1Cl. The van der Waals surface area contributed by atoms with Crippen molar-refractivity contribution in [1.82, 2.24) is 0 Å². The van der Waals surface area contributed by atoms with Gasteiger partial charge in [-0.2, -0.15) is 0 Å². The monoisotopic (exact) mass is 284 g/mol. The lowest BCUT2D eigenvalue weighted by molar-refractivity contribution is -0.123. The summed E-state index contributed by atoms with van der Waals surface area (Å²) in [5, 5.41) is 3.85. The number of hydrogen-bond acceptors (Lipinski definition) is 6. The van der Waals surface area contributed by atoms with Gasteiger partial charge in [0.2, 0.25) is 0 Å². The molecule has 90 valence electrons. The summed E-state index contributed by atoms with van der Waals surface area (Å²) in [7, 11) is -1.31. The average Bonchev–Trinajstić information content (AvgIpc) is 2.69. The molecule has 1 aromatic rings. The van der Waals surface area contributed by atoms with E-state index >= 15 is 0 Å². The van der Waals surface area contributed by atoms with Crippen molar-refractivity contribution in [2.45, 2.75) is 0 Å². The molecule has 1 heterocycles. The zero-order valence-electron chi connectivity index (χ0n) is 8.40. The van der Waals surface area contributed by atoms with Gasteiger partial charge in [-0.15, -0.1) is 11.3 Å². The Morgan fingerprint density at radius 3 is 2.81 bits per heavy atom. The number of hydrogen-bond donors (Lipinski definition) is 0. The molecule has 1 atom stereocenters. The van der Waals surface area contributed by atoms with Crippen molar-refractivity contribution in [3.05, 3.63) is 15.8 Å². The van der Waals surface area contributed by atoms with Crippen molar-refractivity contribution in [3.8, 4) is 5.75 Å². The highest BCUT2D eigenvalue weighted by atomic mass is 35.5. The Morgan fingerprint density at radius 2 is 2.25 bits per heavy atom. The van der Waals surface area contributed by atoms with Crippen LogP contribution in [0.25, 0.3) is 0 Å². The molecule has 1 unspecified atom stereocenters. The Morgan fingerprint density at radius 1 is 1.50 bits per heavy atom. The Labute approximate surface area is 102 Å². The molecule has 0 aromatic carbocycles. The number of carbonyl (C=O) groups excluding carboxylic acids is 1. The van der Waals surface area contributed by atoms with E-state index in [1.807, 2.05) is 0 Å². The van der Waals surface area contributed by atoms with E-state index in [0.29, 0.717) is 10.8 Å². The summed E-state index contributed by atoms with van der Waals surface area (Å²) in [4.78, 5) is 11.2. The van der Waals surface area contributed by atoms with Gasteiger partial charge in [-0.25, -0.2) is 0 Å². The van der Waals surface area contributed by atoms with Gasteiger partial charge in [0.05, 0.1) is 5.02 Å². The second-order valence-electron chi connectivity index (χ2n) is 2.65. The Bertz CT molecular complexity index is 380. The van der Waals surface area contributed by atoms with Crippen molar-refractivity contribution in [2.75, 3.05) is 20.3 Å². The van der Waals surface area contributed by atoms with Gasteiger partial charge in [-0.1, -0.05) is 11.6 Å². The lowest BCUT2D eigenvalue weighted by atomic mass is 10.4. The topological polar surface area (TPSA) is 61.8 Å². The first-order valence-corrected chi connectivity index (χ1v) is 6.75. The van der Waals surface area contributed by atoms with Gasteiger partial charge in [-0.05, 0) is 0 Å². The number of carbonyl (C=O) groups is 1. The summed E-state index contributed by atoms with van der Waals surface area (Å²) in [6.45, 7) is -0.470. The molecule has 0 aliphatic rings. The molecule has 0 saturated heterocycles. The summed E-state index contributed by atoms with van der Waals surface area (Å²) in [5.41, 5.74) is 0. The third-order valence-corrected chi connectivity index (χ3v) is 3.35. The molecule has 0 radical (unpaired) electrons. The van der Waals surface area contributed by atoms with Gasteiger partial charge in [0.15, 0.2) is 5.78 Å². The number of halogens is 1. The molecule has 0 saturated carbocycles. The molecule has 0 amide bonds. The highest BCUT2D eigenvalue weighted by Crippen LogP contribution is 2.28. The maximum absolute atomic E-state index is 11.2. The molecule has 5 nitrogen and oxygen atoms in total. The molecule has 0 aliphatic carbocycles. The standard InChI is InChI=1S/C8H10ClO5PS/c1-12-15(11)14-3-6(10)2-13-8-5-16-4-7(8)9/h4-5,15H,2-3H2,1H3. The molecule has 0 N–H and O–H groups in total. The van der Waals surface area contributed by atoms with E-state index in [1.165, 1.54) is 18.4 Å². The minimum Gasteiger partial charge on any atom is -0.483 e.